The van der Waals surface area contributed by atoms with Crippen LogP contribution in [0.15, 0.2) is 237 Å². The molecule has 10 aromatic carbocycles. The van der Waals surface area contributed by atoms with Crippen LogP contribution in [0.2, 0.25) is 0 Å². The Hall–Kier alpha value is -8.14. The second-order valence-corrected chi connectivity index (χ2v) is 16.1. The molecule has 1 aromatic heterocycles. The molecule has 62 heavy (non-hydrogen) atoms. The quantitative estimate of drug-likeness (QED) is 0.149. The van der Waals surface area contributed by atoms with Gasteiger partial charge in [0.15, 0.2) is 0 Å². The highest BCUT2D eigenvalue weighted by atomic mass is 15.3. The summed E-state index contributed by atoms with van der Waals surface area (Å²) in [6.07, 6.45) is 0.871. The summed E-state index contributed by atoms with van der Waals surface area (Å²) < 4.78 is 2.44. The third-order valence-electron chi connectivity index (χ3n) is 12.6. The van der Waals surface area contributed by atoms with Gasteiger partial charge in [-0.05, 0) is 117 Å². The summed E-state index contributed by atoms with van der Waals surface area (Å²) in [5.41, 5.74) is 15.5. The third-order valence-corrected chi connectivity index (χ3v) is 12.6. The zero-order valence-electron chi connectivity index (χ0n) is 34.1. The van der Waals surface area contributed by atoms with Crippen molar-refractivity contribution in [1.82, 2.24) is 4.57 Å². The minimum absolute atomic E-state index is 0.871. The van der Waals surface area contributed by atoms with E-state index in [-0.39, 0.29) is 0 Å². The summed E-state index contributed by atoms with van der Waals surface area (Å²) in [7, 11) is 0. The number of benzene rings is 10. The molecule has 0 fully saturated rings. The number of hydrogen-bond acceptors (Lipinski definition) is 2. The second-order valence-electron chi connectivity index (χ2n) is 16.1. The fourth-order valence-electron chi connectivity index (χ4n) is 9.69. The third kappa shape index (κ3) is 5.97. The van der Waals surface area contributed by atoms with Crippen molar-refractivity contribution < 1.29 is 0 Å². The first-order chi connectivity index (χ1) is 30.8. The number of nitrogens with zero attached hydrogens (tertiary/aromatic N) is 3. The van der Waals surface area contributed by atoms with E-state index in [1.807, 2.05) is 0 Å². The van der Waals surface area contributed by atoms with Crippen molar-refractivity contribution in [2.45, 2.75) is 6.42 Å². The Labute approximate surface area is 361 Å². The van der Waals surface area contributed by atoms with Gasteiger partial charge >= 0.3 is 0 Å². The average Bonchev–Trinajstić information content (AvgIpc) is 3.68. The van der Waals surface area contributed by atoms with Gasteiger partial charge < -0.3 is 4.90 Å². The highest BCUT2D eigenvalue weighted by molar-refractivity contribution is 6.14. The molecular weight excluding hydrogens is 751 g/mol. The topological polar surface area (TPSA) is 11.4 Å². The Balaban J connectivity index is 1.02. The van der Waals surface area contributed by atoms with Gasteiger partial charge in [0.05, 0.1) is 16.9 Å². The summed E-state index contributed by atoms with van der Waals surface area (Å²) in [5.74, 6) is 1.19. The van der Waals surface area contributed by atoms with Crippen LogP contribution in [0.3, 0.4) is 0 Å². The molecule has 0 saturated heterocycles. The molecule has 0 aliphatic carbocycles. The number of rotatable bonds is 7. The van der Waals surface area contributed by atoms with Gasteiger partial charge in [-0.2, -0.15) is 0 Å². The van der Waals surface area contributed by atoms with Crippen molar-refractivity contribution in [3.05, 3.63) is 248 Å². The lowest BCUT2D eigenvalue weighted by molar-refractivity contribution is 1.01. The van der Waals surface area contributed by atoms with Crippen molar-refractivity contribution in [2.75, 3.05) is 9.80 Å². The van der Waals surface area contributed by atoms with Gasteiger partial charge in [-0.3, -0.25) is 9.47 Å². The Bertz CT molecular complexity index is 3420. The maximum Gasteiger partial charge on any atom is 0.127 e. The molecule has 12 rings (SSSR count). The average molecular weight is 792 g/mol. The molecule has 11 aromatic rings. The summed E-state index contributed by atoms with van der Waals surface area (Å²) in [5, 5.41) is 6.19. The SMILES string of the molecule is c1ccc(-c2cccc(-c3ccc(N(c4ccc(N5c6ccccc6Cc6c5n(-c5ccccc5)c5ccccc65)cc4)c4cc5ccccc5c5ccccc45)cc3)c2)cc1. The Morgan fingerprint density at radius 3 is 1.69 bits per heavy atom. The number of para-hydroxylation sites is 3. The van der Waals surface area contributed by atoms with Gasteiger partial charge in [0, 0.05) is 45.5 Å². The highest BCUT2D eigenvalue weighted by Gasteiger charge is 2.31. The molecule has 1 aliphatic rings. The first kappa shape index (κ1) is 35.8. The number of anilines is 6. The zero-order chi connectivity index (χ0) is 41.0. The lowest BCUT2D eigenvalue weighted by atomic mass is 9.96. The van der Waals surface area contributed by atoms with E-state index < -0.39 is 0 Å². The molecule has 0 atom stereocenters. The number of hydrogen-bond donors (Lipinski definition) is 0. The minimum Gasteiger partial charge on any atom is -0.310 e. The standard InChI is InChI=1S/C59H41N3/c1-3-16-41(17-4-1)43-20-15-21-44(38-43)42-30-32-48(33-31-42)60(58-40-45-18-7-9-24-51(45)52-25-10-11-26-53(52)58)49-34-36-50(37-35-49)61-56-28-13-8-19-46(56)39-55-54-27-12-14-29-57(54)62(59(55)61)47-22-5-2-6-23-47/h1-38,40H,39H2. The van der Waals surface area contributed by atoms with Crippen molar-refractivity contribution in [2.24, 2.45) is 0 Å². The molecule has 0 saturated carbocycles. The van der Waals surface area contributed by atoms with Crippen molar-refractivity contribution in [1.29, 1.82) is 0 Å². The van der Waals surface area contributed by atoms with E-state index in [0.717, 1.165) is 34.9 Å². The van der Waals surface area contributed by atoms with Gasteiger partial charge in [-0.1, -0.05) is 164 Å². The Morgan fingerprint density at radius 2 is 0.935 bits per heavy atom. The summed E-state index contributed by atoms with van der Waals surface area (Å²) in [6.45, 7) is 0. The molecule has 0 spiro atoms. The van der Waals surface area contributed by atoms with E-state index in [2.05, 4.69) is 251 Å². The predicted octanol–water partition coefficient (Wildman–Crippen LogP) is 16.1. The molecule has 2 heterocycles. The smallest absolute Gasteiger partial charge is 0.127 e. The van der Waals surface area contributed by atoms with Crippen LogP contribution < -0.4 is 9.80 Å². The molecular formula is C59H41N3. The fraction of sp³-hybridized carbons (Fsp3) is 0.0169. The lowest BCUT2D eigenvalue weighted by Gasteiger charge is -2.34. The molecule has 0 unspecified atom stereocenters. The van der Waals surface area contributed by atoms with Crippen LogP contribution in [0.25, 0.3) is 60.4 Å². The van der Waals surface area contributed by atoms with E-state index in [9.17, 15) is 0 Å². The van der Waals surface area contributed by atoms with E-state index in [0.29, 0.717) is 0 Å². The highest BCUT2D eigenvalue weighted by Crippen LogP contribution is 2.50. The van der Waals surface area contributed by atoms with Gasteiger partial charge in [-0.25, -0.2) is 0 Å². The molecule has 292 valence electrons. The normalized spacial score (nSPS) is 12.1. The molecule has 3 heteroatoms. The van der Waals surface area contributed by atoms with Crippen LogP contribution in [-0.4, -0.2) is 4.57 Å². The van der Waals surface area contributed by atoms with Crippen molar-refractivity contribution in [3.8, 4) is 27.9 Å². The van der Waals surface area contributed by atoms with E-state index in [4.69, 9.17) is 0 Å². The van der Waals surface area contributed by atoms with Crippen LogP contribution in [0.1, 0.15) is 11.1 Å². The van der Waals surface area contributed by atoms with Crippen LogP contribution in [0.4, 0.5) is 34.3 Å². The lowest BCUT2D eigenvalue weighted by Crippen LogP contribution is -2.21. The number of aromatic nitrogens is 1. The molecule has 1 aliphatic heterocycles. The molecule has 0 bridgehead atoms. The maximum atomic E-state index is 2.47. The predicted molar refractivity (Wildman–Crippen MR) is 261 cm³/mol. The summed E-state index contributed by atoms with van der Waals surface area (Å²) in [4.78, 5) is 4.90. The maximum absolute atomic E-state index is 2.47. The van der Waals surface area contributed by atoms with Gasteiger partial charge in [-0.15, -0.1) is 0 Å². The largest absolute Gasteiger partial charge is 0.310 e. The second kappa shape index (κ2) is 14.8. The fourth-order valence-corrected chi connectivity index (χ4v) is 9.69. The monoisotopic (exact) mass is 791 g/mol. The molecule has 3 nitrogen and oxygen atoms in total. The van der Waals surface area contributed by atoms with E-state index in [1.54, 1.807) is 0 Å². The van der Waals surface area contributed by atoms with Crippen molar-refractivity contribution >= 4 is 66.7 Å². The minimum atomic E-state index is 0.871. The Kier molecular flexibility index (Phi) is 8.57. The number of fused-ring (bicyclic) bond motifs is 7. The summed E-state index contributed by atoms with van der Waals surface area (Å²) in [6, 6.07) is 86.1. The zero-order valence-corrected chi connectivity index (χ0v) is 34.1. The van der Waals surface area contributed by atoms with Crippen LogP contribution in [-0.2, 0) is 6.42 Å². The van der Waals surface area contributed by atoms with Gasteiger partial charge in [0.2, 0.25) is 0 Å². The van der Waals surface area contributed by atoms with Crippen molar-refractivity contribution in [3.63, 3.8) is 0 Å². The first-order valence-corrected chi connectivity index (χ1v) is 21.4. The van der Waals surface area contributed by atoms with Crippen LogP contribution in [0.5, 0.6) is 0 Å². The first-order valence-electron chi connectivity index (χ1n) is 21.4. The molecule has 0 N–H and O–H groups in total. The molecule has 0 radical (unpaired) electrons. The van der Waals surface area contributed by atoms with E-state index in [1.165, 1.54) is 77.3 Å². The van der Waals surface area contributed by atoms with Crippen LogP contribution in [0, 0.1) is 0 Å². The van der Waals surface area contributed by atoms with Crippen LogP contribution >= 0.6 is 0 Å². The van der Waals surface area contributed by atoms with E-state index >= 15 is 0 Å². The molecule has 0 amide bonds. The van der Waals surface area contributed by atoms with Gasteiger partial charge in [0.1, 0.15) is 5.82 Å². The Morgan fingerprint density at radius 1 is 0.371 bits per heavy atom. The summed E-state index contributed by atoms with van der Waals surface area (Å²) >= 11 is 0. The van der Waals surface area contributed by atoms with Gasteiger partial charge in [0.25, 0.3) is 0 Å².